The number of nitriles is 1. The molecule has 0 saturated carbocycles. The lowest BCUT2D eigenvalue weighted by molar-refractivity contribution is -0.115. The molecule has 0 aliphatic carbocycles. The number of rotatable bonds is 5. The molecule has 2 rings (SSSR count). The van der Waals surface area contributed by atoms with E-state index in [0.717, 1.165) is 0 Å². The predicted octanol–water partition coefficient (Wildman–Crippen LogP) is 1.38. The lowest BCUT2D eigenvalue weighted by atomic mass is 10.1. The first kappa shape index (κ1) is 14.4. The van der Waals surface area contributed by atoms with Crippen LogP contribution in [0.4, 0.5) is 5.69 Å². The predicted molar refractivity (Wildman–Crippen MR) is 74.4 cm³/mol. The van der Waals surface area contributed by atoms with Gasteiger partial charge in [0.2, 0.25) is 5.91 Å². The zero-order chi connectivity index (χ0) is 15.2. The van der Waals surface area contributed by atoms with Crippen LogP contribution in [0.15, 0.2) is 30.6 Å². The van der Waals surface area contributed by atoms with Crippen molar-refractivity contribution in [2.45, 2.75) is 19.9 Å². The number of hydrogen-bond donors (Lipinski definition) is 1. The third-order valence-electron chi connectivity index (χ3n) is 2.75. The highest BCUT2D eigenvalue weighted by Crippen LogP contribution is 2.11. The molecule has 0 atom stereocenters. The number of nitrogens with zero attached hydrogens (tertiary/aromatic N) is 4. The van der Waals surface area contributed by atoms with Crippen molar-refractivity contribution in [2.75, 3.05) is 5.32 Å². The molecule has 7 nitrogen and oxygen atoms in total. The first-order valence-corrected chi connectivity index (χ1v) is 6.35. The number of amides is 1. The van der Waals surface area contributed by atoms with E-state index in [1.165, 1.54) is 11.0 Å². The quantitative estimate of drug-likeness (QED) is 0.835. The molecular weight excluding hydrogens is 270 g/mol. The summed E-state index contributed by atoms with van der Waals surface area (Å²) < 4.78 is 1.31. The maximum atomic E-state index is 12.0. The molecule has 0 aliphatic rings. The largest absolute Gasteiger partial charge is 0.326 e. The Labute approximate surface area is 121 Å². The average Bonchev–Trinajstić information content (AvgIpc) is 2.95. The minimum absolute atomic E-state index is 0.00927. The van der Waals surface area contributed by atoms with Gasteiger partial charge in [-0.15, -0.1) is 5.10 Å². The van der Waals surface area contributed by atoms with E-state index in [-0.39, 0.29) is 24.1 Å². The molecule has 0 radical (unpaired) electrons. The van der Waals surface area contributed by atoms with Gasteiger partial charge in [-0.25, -0.2) is 9.67 Å². The van der Waals surface area contributed by atoms with Crippen molar-refractivity contribution >= 4 is 17.4 Å². The Morgan fingerprint density at radius 1 is 1.33 bits per heavy atom. The summed E-state index contributed by atoms with van der Waals surface area (Å²) >= 11 is 0. The van der Waals surface area contributed by atoms with Gasteiger partial charge in [-0.05, 0) is 24.3 Å². The van der Waals surface area contributed by atoms with Crippen molar-refractivity contribution in [3.8, 4) is 6.07 Å². The molecule has 1 aromatic carbocycles. The summed E-state index contributed by atoms with van der Waals surface area (Å²) in [7, 11) is 0. The van der Waals surface area contributed by atoms with Crippen molar-refractivity contribution in [1.29, 1.82) is 5.26 Å². The minimum Gasteiger partial charge on any atom is -0.326 e. The Morgan fingerprint density at radius 2 is 2.05 bits per heavy atom. The lowest BCUT2D eigenvalue weighted by Gasteiger charge is -2.05. The number of aromatic nitrogens is 3. The first-order chi connectivity index (χ1) is 10.1. The Hall–Kier alpha value is -3.01. The summed E-state index contributed by atoms with van der Waals surface area (Å²) in [5.74, 6) is -0.209. The van der Waals surface area contributed by atoms with Crippen molar-refractivity contribution in [3.05, 3.63) is 42.0 Å². The standard InChI is InChI=1S/C14H13N5O2/c1-2-14(21)17-11-5-3-10(4-6-11)12(20)8-19-9-16-13(7-15)18-19/h3-6,9H,2,8H2,1H3,(H,17,21). The Morgan fingerprint density at radius 3 is 2.62 bits per heavy atom. The molecule has 0 spiro atoms. The third-order valence-corrected chi connectivity index (χ3v) is 2.75. The lowest BCUT2D eigenvalue weighted by Crippen LogP contribution is -2.12. The summed E-state index contributed by atoms with van der Waals surface area (Å²) in [6.07, 6.45) is 1.74. The summed E-state index contributed by atoms with van der Waals surface area (Å²) in [4.78, 5) is 27.0. The Bertz CT molecular complexity index is 697. The number of carbonyl (C=O) groups excluding carboxylic acids is 2. The monoisotopic (exact) mass is 283 g/mol. The molecule has 21 heavy (non-hydrogen) atoms. The minimum atomic E-state index is -0.155. The highest BCUT2D eigenvalue weighted by atomic mass is 16.1. The van der Waals surface area contributed by atoms with Crippen molar-refractivity contribution in [3.63, 3.8) is 0 Å². The first-order valence-electron chi connectivity index (χ1n) is 6.35. The SMILES string of the molecule is CCC(=O)Nc1ccc(C(=O)Cn2cnc(C#N)n2)cc1. The Kier molecular flexibility index (Phi) is 4.41. The van der Waals surface area contributed by atoms with Gasteiger partial charge in [0.1, 0.15) is 18.9 Å². The van der Waals surface area contributed by atoms with Crippen LogP contribution in [0.25, 0.3) is 0 Å². The second-order valence-electron chi connectivity index (χ2n) is 4.28. The zero-order valence-electron chi connectivity index (χ0n) is 11.4. The van der Waals surface area contributed by atoms with Gasteiger partial charge in [0.25, 0.3) is 5.82 Å². The maximum absolute atomic E-state index is 12.0. The molecule has 0 aliphatic heterocycles. The normalized spacial score (nSPS) is 9.90. The van der Waals surface area contributed by atoms with E-state index < -0.39 is 0 Å². The number of carbonyl (C=O) groups is 2. The van der Waals surface area contributed by atoms with Crippen LogP contribution >= 0.6 is 0 Å². The summed E-state index contributed by atoms with van der Waals surface area (Å²) in [5, 5.41) is 15.2. The van der Waals surface area contributed by atoms with Crippen molar-refractivity contribution < 1.29 is 9.59 Å². The summed E-state index contributed by atoms with van der Waals surface area (Å²) in [6, 6.07) is 8.41. The molecule has 1 N–H and O–H groups in total. The molecule has 0 bridgehead atoms. The molecule has 0 unspecified atom stereocenters. The fourth-order valence-electron chi connectivity index (χ4n) is 1.65. The van der Waals surface area contributed by atoms with Crippen LogP contribution < -0.4 is 5.32 Å². The highest BCUT2D eigenvalue weighted by molar-refractivity contribution is 5.97. The molecule has 106 valence electrons. The van der Waals surface area contributed by atoms with Crippen LogP contribution in [-0.2, 0) is 11.3 Å². The number of Topliss-reactive ketones (excluding diaryl/α,β-unsaturated/α-hetero) is 1. The maximum Gasteiger partial charge on any atom is 0.252 e. The topological polar surface area (TPSA) is 101 Å². The van der Waals surface area contributed by atoms with E-state index in [1.807, 2.05) is 0 Å². The van der Waals surface area contributed by atoms with Gasteiger partial charge in [-0.3, -0.25) is 9.59 Å². The summed E-state index contributed by atoms with van der Waals surface area (Å²) in [6.45, 7) is 1.77. The second kappa shape index (κ2) is 6.43. The van der Waals surface area contributed by atoms with Crippen molar-refractivity contribution in [2.24, 2.45) is 0 Å². The molecule has 0 saturated heterocycles. The van der Waals surface area contributed by atoms with E-state index in [9.17, 15) is 9.59 Å². The molecule has 2 aromatic rings. The van der Waals surface area contributed by atoms with Gasteiger partial charge >= 0.3 is 0 Å². The van der Waals surface area contributed by atoms with Gasteiger partial charge in [0.05, 0.1) is 0 Å². The van der Waals surface area contributed by atoms with Crippen molar-refractivity contribution in [1.82, 2.24) is 14.8 Å². The number of nitrogens with one attached hydrogen (secondary N) is 1. The fraction of sp³-hybridized carbons (Fsp3) is 0.214. The van der Waals surface area contributed by atoms with Gasteiger partial charge in [-0.1, -0.05) is 6.92 Å². The number of hydrogen-bond acceptors (Lipinski definition) is 5. The van der Waals surface area contributed by atoms with Crippen LogP contribution in [-0.4, -0.2) is 26.5 Å². The average molecular weight is 283 g/mol. The molecule has 1 heterocycles. The molecule has 1 amide bonds. The third kappa shape index (κ3) is 3.73. The Balaban J connectivity index is 2.02. The van der Waals surface area contributed by atoms with E-state index in [2.05, 4.69) is 15.4 Å². The van der Waals surface area contributed by atoms with Crippen LogP contribution in [0.2, 0.25) is 0 Å². The molecule has 0 fully saturated rings. The van der Waals surface area contributed by atoms with Gasteiger partial charge in [-0.2, -0.15) is 5.26 Å². The highest BCUT2D eigenvalue weighted by Gasteiger charge is 2.09. The van der Waals surface area contributed by atoms with Crippen LogP contribution in [0.1, 0.15) is 29.5 Å². The van der Waals surface area contributed by atoms with Crippen LogP contribution in [0.5, 0.6) is 0 Å². The molecule has 1 aromatic heterocycles. The van der Waals surface area contributed by atoms with E-state index in [0.29, 0.717) is 17.7 Å². The van der Waals surface area contributed by atoms with Gasteiger partial charge in [0, 0.05) is 17.7 Å². The van der Waals surface area contributed by atoms with E-state index >= 15 is 0 Å². The van der Waals surface area contributed by atoms with Crippen LogP contribution in [0, 0.1) is 11.3 Å². The zero-order valence-corrected chi connectivity index (χ0v) is 11.4. The summed E-state index contributed by atoms with van der Waals surface area (Å²) in [5.41, 5.74) is 1.14. The second-order valence-corrected chi connectivity index (χ2v) is 4.28. The molecule has 7 heteroatoms. The fourth-order valence-corrected chi connectivity index (χ4v) is 1.65. The smallest absolute Gasteiger partial charge is 0.252 e. The number of ketones is 1. The van der Waals surface area contributed by atoms with E-state index in [1.54, 1.807) is 37.3 Å². The van der Waals surface area contributed by atoms with Gasteiger partial charge in [0.15, 0.2) is 5.78 Å². The van der Waals surface area contributed by atoms with E-state index in [4.69, 9.17) is 5.26 Å². The van der Waals surface area contributed by atoms with Gasteiger partial charge < -0.3 is 5.32 Å². The number of anilines is 1. The van der Waals surface area contributed by atoms with Crippen LogP contribution in [0.3, 0.4) is 0 Å². The number of benzene rings is 1. The molecular formula is C14H13N5O2.